The summed E-state index contributed by atoms with van der Waals surface area (Å²) in [6.07, 6.45) is 3.70. The number of benzene rings is 2. The average Bonchev–Trinajstić information content (AvgIpc) is 3.42. The number of halogens is 1. The zero-order chi connectivity index (χ0) is 29.1. The molecule has 1 aliphatic heterocycles. The van der Waals surface area contributed by atoms with Crippen LogP contribution in [-0.4, -0.2) is 64.3 Å². The van der Waals surface area contributed by atoms with E-state index >= 15 is 0 Å². The van der Waals surface area contributed by atoms with Crippen molar-refractivity contribution in [1.82, 2.24) is 35.7 Å². The first-order chi connectivity index (χ1) is 20.5. The summed E-state index contributed by atoms with van der Waals surface area (Å²) in [5.41, 5.74) is 12.4. The van der Waals surface area contributed by atoms with E-state index in [-0.39, 0.29) is 12.1 Å². The van der Waals surface area contributed by atoms with Gasteiger partial charge in [0, 0.05) is 62.8 Å². The number of nitrogen functional groups attached to an aromatic ring is 1. The molecule has 11 heteroatoms. The average molecular weight is 567 g/mol. The highest BCUT2D eigenvalue weighted by atomic mass is 19.1. The molecule has 5 N–H and O–H groups in total. The molecule has 1 aliphatic rings. The molecule has 4 heterocycles. The first kappa shape index (κ1) is 27.3. The standard InChI is InChI=1S/C31H31FN8O2/c1-42-26-9-7-22(32)14-23(26)31(41)37-15-19-2-5-21(6-3-19)28-27-29(38-39-30(27)33)24(17-36-28)25-8-4-20(16-35-25)18-40-12-10-34-11-13-40/h2-9,14,16-17,34H,10-13,15,18H2,1H3,(H,37,41)(H3,33,38,39). The Morgan fingerprint density at radius 3 is 2.57 bits per heavy atom. The van der Waals surface area contributed by atoms with Gasteiger partial charge in [0.2, 0.25) is 0 Å². The summed E-state index contributed by atoms with van der Waals surface area (Å²) in [4.78, 5) is 24.5. The van der Waals surface area contributed by atoms with Gasteiger partial charge in [0.1, 0.15) is 11.6 Å². The van der Waals surface area contributed by atoms with Gasteiger partial charge in [-0.25, -0.2) is 4.39 Å². The molecule has 0 radical (unpaired) electrons. The highest BCUT2D eigenvalue weighted by Gasteiger charge is 2.18. The summed E-state index contributed by atoms with van der Waals surface area (Å²) in [5.74, 6) is -0.273. The van der Waals surface area contributed by atoms with Crippen molar-refractivity contribution in [3.8, 4) is 28.3 Å². The summed E-state index contributed by atoms with van der Waals surface area (Å²) >= 11 is 0. The largest absolute Gasteiger partial charge is 0.496 e. The molecule has 3 aromatic heterocycles. The van der Waals surface area contributed by atoms with Crippen LogP contribution in [0.15, 0.2) is 67.0 Å². The Labute approximate surface area is 242 Å². The van der Waals surface area contributed by atoms with Gasteiger partial charge in [-0.15, -0.1) is 0 Å². The zero-order valence-electron chi connectivity index (χ0n) is 23.2. The number of pyridine rings is 2. The SMILES string of the molecule is COc1ccc(F)cc1C(=O)NCc1ccc(-c2ncc(-c3ccc(CN4CCNCC4)cn3)c3[nH]nc(N)c23)cc1. The molecule has 1 fully saturated rings. The number of anilines is 1. The number of ether oxygens (including phenoxy) is 1. The van der Waals surface area contributed by atoms with Gasteiger partial charge in [-0.05, 0) is 35.4 Å². The number of amides is 1. The predicted octanol–water partition coefficient (Wildman–Crippen LogP) is 3.75. The zero-order valence-corrected chi connectivity index (χ0v) is 23.2. The summed E-state index contributed by atoms with van der Waals surface area (Å²) in [7, 11) is 1.44. The van der Waals surface area contributed by atoms with E-state index in [9.17, 15) is 9.18 Å². The molecule has 42 heavy (non-hydrogen) atoms. The molecule has 214 valence electrons. The number of hydrogen-bond donors (Lipinski definition) is 4. The third-order valence-electron chi connectivity index (χ3n) is 7.43. The number of piperazine rings is 1. The number of carbonyl (C=O) groups is 1. The van der Waals surface area contributed by atoms with Gasteiger partial charge in [-0.2, -0.15) is 5.10 Å². The first-order valence-corrected chi connectivity index (χ1v) is 13.7. The molecular weight excluding hydrogens is 535 g/mol. The molecule has 0 saturated carbocycles. The van der Waals surface area contributed by atoms with Gasteiger partial charge < -0.3 is 21.1 Å². The number of aromatic amines is 1. The van der Waals surface area contributed by atoms with Crippen LogP contribution in [-0.2, 0) is 13.1 Å². The maximum atomic E-state index is 13.7. The second kappa shape index (κ2) is 11.9. The summed E-state index contributed by atoms with van der Waals surface area (Å²) in [6.45, 7) is 5.20. The molecule has 0 spiro atoms. The summed E-state index contributed by atoms with van der Waals surface area (Å²) < 4.78 is 18.9. The molecule has 1 saturated heterocycles. The van der Waals surface area contributed by atoms with Gasteiger partial charge >= 0.3 is 0 Å². The van der Waals surface area contributed by atoms with Crippen molar-refractivity contribution in [3.63, 3.8) is 0 Å². The number of hydrogen-bond acceptors (Lipinski definition) is 8. The number of nitrogens with one attached hydrogen (secondary N) is 3. The molecule has 0 atom stereocenters. The van der Waals surface area contributed by atoms with E-state index in [1.165, 1.54) is 19.2 Å². The number of fused-ring (bicyclic) bond motifs is 1. The van der Waals surface area contributed by atoms with Crippen LogP contribution in [0.1, 0.15) is 21.5 Å². The van der Waals surface area contributed by atoms with Crippen molar-refractivity contribution in [2.75, 3.05) is 39.0 Å². The Morgan fingerprint density at radius 2 is 1.83 bits per heavy atom. The van der Waals surface area contributed by atoms with E-state index < -0.39 is 11.7 Å². The maximum absolute atomic E-state index is 13.7. The lowest BCUT2D eigenvalue weighted by Gasteiger charge is -2.27. The topological polar surface area (TPSA) is 134 Å². The van der Waals surface area contributed by atoms with Crippen molar-refractivity contribution in [3.05, 3.63) is 89.5 Å². The molecule has 2 aromatic carbocycles. The number of nitrogens with two attached hydrogens (primary N) is 1. The second-order valence-corrected chi connectivity index (χ2v) is 10.2. The Balaban J connectivity index is 1.19. The number of nitrogens with zero attached hydrogens (tertiary/aromatic N) is 4. The quantitative estimate of drug-likeness (QED) is 0.223. The monoisotopic (exact) mass is 566 g/mol. The van der Waals surface area contributed by atoms with E-state index in [0.717, 1.165) is 77.6 Å². The third kappa shape index (κ3) is 5.65. The van der Waals surface area contributed by atoms with Gasteiger partial charge in [0.15, 0.2) is 5.82 Å². The van der Waals surface area contributed by atoms with Crippen molar-refractivity contribution in [2.45, 2.75) is 13.1 Å². The molecule has 0 aliphatic carbocycles. The molecule has 6 rings (SSSR count). The van der Waals surface area contributed by atoms with Crippen molar-refractivity contribution in [2.24, 2.45) is 0 Å². The number of rotatable bonds is 8. The van der Waals surface area contributed by atoms with E-state index in [2.05, 4.69) is 31.8 Å². The summed E-state index contributed by atoms with van der Waals surface area (Å²) in [6, 6.07) is 15.6. The lowest BCUT2D eigenvalue weighted by Crippen LogP contribution is -2.42. The second-order valence-electron chi connectivity index (χ2n) is 10.2. The molecule has 5 aromatic rings. The van der Waals surface area contributed by atoms with Gasteiger partial charge in [0.05, 0.1) is 35.0 Å². The molecule has 0 unspecified atom stereocenters. The van der Waals surface area contributed by atoms with Crippen molar-refractivity contribution >= 4 is 22.6 Å². The van der Waals surface area contributed by atoms with Crippen LogP contribution in [0.4, 0.5) is 10.2 Å². The Bertz CT molecular complexity index is 1710. The van der Waals surface area contributed by atoms with Crippen LogP contribution >= 0.6 is 0 Å². The fourth-order valence-electron chi connectivity index (χ4n) is 5.18. The van der Waals surface area contributed by atoms with E-state index in [1.807, 2.05) is 36.5 Å². The van der Waals surface area contributed by atoms with E-state index in [4.69, 9.17) is 20.4 Å². The Hall–Kier alpha value is -4.87. The maximum Gasteiger partial charge on any atom is 0.255 e. The number of H-pyrrole nitrogens is 1. The van der Waals surface area contributed by atoms with Crippen molar-refractivity contribution < 1.29 is 13.9 Å². The van der Waals surface area contributed by atoms with Crippen LogP contribution in [0.5, 0.6) is 5.75 Å². The predicted molar refractivity (Wildman–Crippen MR) is 159 cm³/mol. The van der Waals surface area contributed by atoms with E-state index in [1.54, 1.807) is 6.20 Å². The van der Waals surface area contributed by atoms with Crippen LogP contribution in [0.2, 0.25) is 0 Å². The minimum atomic E-state index is -0.507. The van der Waals surface area contributed by atoms with E-state index in [0.29, 0.717) is 17.3 Å². The van der Waals surface area contributed by atoms with Gasteiger partial charge in [-0.3, -0.25) is 24.8 Å². The molecular formula is C31H31FN8O2. The Kier molecular flexibility index (Phi) is 7.76. The van der Waals surface area contributed by atoms with Crippen LogP contribution in [0, 0.1) is 5.82 Å². The highest BCUT2D eigenvalue weighted by Crippen LogP contribution is 2.35. The smallest absolute Gasteiger partial charge is 0.255 e. The normalized spacial score (nSPS) is 13.8. The summed E-state index contributed by atoms with van der Waals surface area (Å²) in [5, 5.41) is 14.2. The fraction of sp³-hybridized carbons (Fsp3) is 0.226. The lowest BCUT2D eigenvalue weighted by atomic mass is 10.0. The minimum absolute atomic E-state index is 0.139. The Morgan fingerprint density at radius 1 is 1.05 bits per heavy atom. The third-order valence-corrected chi connectivity index (χ3v) is 7.43. The van der Waals surface area contributed by atoms with Gasteiger partial charge in [0.25, 0.3) is 5.91 Å². The van der Waals surface area contributed by atoms with Crippen LogP contribution < -0.4 is 21.1 Å². The number of aromatic nitrogens is 4. The first-order valence-electron chi connectivity index (χ1n) is 13.7. The number of methoxy groups -OCH3 is 1. The van der Waals surface area contributed by atoms with Crippen LogP contribution in [0.25, 0.3) is 33.4 Å². The van der Waals surface area contributed by atoms with Gasteiger partial charge in [-0.1, -0.05) is 30.3 Å². The lowest BCUT2D eigenvalue weighted by molar-refractivity contribution is 0.0947. The fourth-order valence-corrected chi connectivity index (χ4v) is 5.18. The molecule has 0 bridgehead atoms. The molecule has 10 nitrogen and oxygen atoms in total. The minimum Gasteiger partial charge on any atom is -0.496 e. The molecule has 1 amide bonds. The highest BCUT2D eigenvalue weighted by molar-refractivity contribution is 6.05. The van der Waals surface area contributed by atoms with Crippen LogP contribution in [0.3, 0.4) is 0 Å². The van der Waals surface area contributed by atoms with Crippen molar-refractivity contribution in [1.29, 1.82) is 0 Å². The number of carbonyl (C=O) groups excluding carboxylic acids is 1.